The lowest BCUT2D eigenvalue weighted by atomic mass is 10.1. The van der Waals surface area contributed by atoms with E-state index >= 15 is 0 Å². The largest absolute Gasteiger partial charge is 0.307 e. The number of hydrogen-bond donors (Lipinski definition) is 0. The summed E-state index contributed by atoms with van der Waals surface area (Å²) in [5.74, 6) is 2.79. The van der Waals surface area contributed by atoms with Gasteiger partial charge in [0.15, 0.2) is 5.16 Å². The summed E-state index contributed by atoms with van der Waals surface area (Å²) in [4.78, 5) is 12.6. The molecular formula is C17H19N7OS. The van der Waals surface area contributed by atoms with Crippen LogP contribution in [0.2, 0.25) is 0 Å². The van der Waals surface area contributed by atoms with Crippen LogP contribution in [0.15, 0.2) is 28.2 Å². The van der Waals surface area contributed by atoms with E-state index in [1.807, 2.05) is 36.4 Å². The summed E-state index contributed by atoms with van der Waals surface area (Å²) in [5, 5.41) is 18.4. The Labute approximate surface area is 153 Å². The van der Waals surface area contributed by atoms with E-state index in [9.17, 15) is 4.79 Å². The van der Waals surface area contributed by atoms with E-state index in [-0.39, 0.29) is 5.56 Å². The van der Waals surface area contributed by atoms with Crippen LogP contribution >= 0.6 is 11.8 Å². The third-order valence-electron chi connectivity index (χ3n) is 4.49. The van der Waals surface area contributed by atoms with E-state index in [1.54, 1.807) is 23.4 Å². The van der Waals surface area contributed by atoms with Crippen molar-refractivity contribution in [2.24, 2.45) is 7.05 Å². The highest BCUT2D eigenvalue weighted by Crippen LogP contribution is 2.23. The van der Waals surface area contributed by atoms with E-state index in [1.165, 1.54) is 0 Å². The Morgan fingerprint density at radius 3 is 2.69 bits per heavy atom. The molecule has 3 heterocycles. The molecular weight excluding hydrogens is 350 g/mol. The summed E-state index contributed by atoms with van der Waals surface area (Å²) in [6.45, 7) is 6.81. The lowest BCUT2D eigenvalue weighted by Crippen LogP contribution is -2.20. The van der Waals surface area contributed by atoms with Crippen LogP contribution in [0, 0.1) is 13.8 Å². The van der Waals surface area contributed by atoms with Gasteiger partial charge in [0.25, 0.3) is 5.56 Å². The highest BCUT2D eigenvalue weighted by Gasteiger charge is 2.16. The second kappa shape index (κ2) is 6.24. The lowest BCUT2D eigenvalue weighted by molar-refractivity contribution is 0.661. The van der Waals surface area contributed by atoms with Crippen LogP contribution in [0.1, 0.15) is 24.1 Å². The van der Waals surface area contributed by atoms with Crippen molar-refractivity contribution in [1.82, 2.24) is 33.9 Å². The fourth-order valence-corrected chi connectivity index (χ4v) is 4.07. The molecule has 4 rings (SSSR count). The van der Waals surface area contributed by atoms with Crippen LogP contribution in [-0.4, -0.2) is 33.9 Å². The third-order valence-corrected chi connectivity index (χ3v) is 5.45. The zero-order valence-corrected chi connectivity index (χ0v) is 15.9. The molecule has 26 heavy (non-hydrogen) atoms. The maximum Gasteiger partial charge on any atom is 0.262 e. The van der Waals surface area contributed by atoms with Gasteiger partial charge in [-0.3, -0.25) is 13.8 Å². The van der Waals surface area contributed by atoms with Gasteiger partial charge in [0.05, 0.1) is 16.7 Å². The molecule has 134 valence electrons. The summed E-state index contributed by atoms with van der Waals surface area (Å²) in [6.07, 6.45) is 0. The zero-order chi connectivity index (χ0) is 18.4. The number of hydrogen-bond acceptors (Lipinski definition) is 6. The van der Waals surface area contributed by atoms with Gasteiger partial charge in [-0.1, -0.05) is 23.4 Å². The SMILES string of the molecule is CCn1c(C)nnc1SCc1nnc2n(C)c(=O)c3cc(C)ccc3n12. The molecule has 0 aliphatic heterocycles. The van der Waals surface area contributed by atoms with Crippen molar-refractivity contribution in [3.63, 3.8) is 0 Å². The van der Waals surface area contributed by atoms with Gasteiger partial charge in [0, 0.05) is 13.6 Å². The summed E-state index contributed by atoms with van der Waals surface area (Å²) >= 11 is 1.57. The number of thioether (sulfide) groups is 1. The first-order valence-electron chi connectivity index (χ1n) is 8.37. The van der Waals surface area contributed by atoms with E-state index < -0.39 is 0 Å². The summed E-state index contributed by atoms with van der Waals surface area (Å²) < 4.78 is 5.55. The van der Waals surface area contributed by atoms with Gasteiger partial charge in [-0.25, -0.2) is 0 Å². The van der Waals surface area contributed by atoms with Crippen molar-refractivity contribution < 1.29 is 0 Å². The lowest BCUT2D eigenvalue weighted by Gasteiger charge is -2.09. The normalized spacial score (nSPS) is 11.7. The minimum atomic E-state index is -0.0656. The second-order valence-corrected chi connectivity index (χ2v) is 7.14. The molecule has 0 saturated carbocycles. The Morgan fingerprint density at radius 2 is 1.92 bits per heavy atom. The van der Waals surface area contributed by atoms with Crippen molar-refractivity contribution in [1.29, 1.82) is 0 Å². The van der Waals surface area contributed by atoms with Gasteiger partial charge >= 0.3 is 0 Å². The van der Waals surface area contributed by atoms with Gasteiger partial charge in [-0.15, -0.1) is 20.4 Å². The number of aromatic nitrogens is 7. The average Bonchev–Trinajstić information content (AvgIpc) is 3.21. The van der Waals surface area contributed by atoms with Crippen LogP contribution < -0.4 is 5.56 Å². The van der Waals surface area contributed by atoms with Crippen LogP contribution in [0.25, 0.3) is 16.7 Å². The third kappa shape index (κ3) is 2.50. The van der Waals surface area contributed by atoms with Gasteiger partial charge in [0.1, 0.15) is 11.6 Å². The molecule has 0 aliphatic carbocycles. The molecule has 0 amide bonds. The van der Waals surface area contributed by atoms with Crippen LogP contribution in [0.5, 0.6) is 0 Å². The summed E-state index contributed by atoms with van der Waals surface area (Å²) in [6, 6.07) is 5.86. The fourth-order valence-electron chi connectivity index (χ4n) is 3.11. The van der Waals surface area contributed by atoms with Crippen molar-refractivity contribution in [3.8, 4) is 0 Å². The molecule has 3 aromatic heterocycles. The van der Waals surface area contributed by atoms with E-state index in [0.717, 1.165) is 34.4 Å². The van der Waals surface area contributed by atoms with Gasteiger partial charge in [-0.2, -0.15) is 0 Å². The zero-order valence-electron chi connectivity index (χ0n) is 15.1. The maximum atomic E-state index is 12.6. The van der Waals surface area contributed by atoms with Crippen LogP contribution in [0.3, 0.4) is 0 Å². The van der Waals surface area contributed by atoms with Gasteiger partial charge in [-0.05, 0) is 32.9 Å². The first-order chi connectivity index (χ1) is 12.5. The van der Waals surface area contributed by atoms with Crippen molar-refractivity contribution in [2.75, 3.05) is 0 Å². The smallest absolute Gasteiger partial charge is 0.262 e. The van der Waals surface area contributed by atoms with Crippen molar-refractivity contribution in [2.45, 2.75) is 38.2 Å². The molecule has 0 N–H and O–H groups in total. The molecule has 0 atom stereocenters. The average molecular weight is 369 g/mol. The van der Waals surface area contributed by atoms with Crippen LogP contribution in [0.4, 0.5) is 0 Å². The second-order valence-electron chi connectivity index (χ2n) is 6.20. The molecule has 0 radical (unpaired) electrons. The molecule has 0 spiro atoms. The molecule has 0 unspecified atom stereocenters. The molecule has 0 saturated heterocycles. The van der Waals surface area contributed by atoms with E-state index in [0.29, 0.717) is 16.9 Å². The molecule has 4 aromatic rings. The number of aryl methyl sites for hydroxylation is 3. The van der Waals surface area contributed by atoms with Crippen molar-refractivity contribution in [3.05, 3.63) is 45.8 Å². The van der Waals surface area contributed by atoms with E-state index in [4.69, 9.17) is 0 Å². The van der Waals surface area contributed by atoms with Crippen molar-refractivity contribution >= 4 is 28.4 Å². The topological polar surface area (TPSA) is 82.9 Å². The Hall–Kier alpha value is -2.68. The van der Waals surface area contributed by atoms with Crippen LogP contribution in [-0.2, 0) is 19.3 Å². The number of benzene rings is 1. The predicted octanol–water partition coefficient (Wildman–Crippen LogP) is 2.10. The Bertz CT molecular complexity index is 1190. The van der Waals surface area contributed by atoms with Gasteiger partial charge in [0.2, 0.25) is 5.78 Å². The Morgan fingerprint density at radius 1 is 1.12 bits per heavy atom. The Kier molecular flexibility index (Phi) is 4.03. The minimum Gasteiger partial charge on any atom is -0.307 e. The number of fused-ring (bicyclic) bond motifs is 3. The first-order valence-corrected chi connectivity index (χ1v) is 9.35. The quantitative estimate of drug-likeness (QED) is 0.512. The molecule has 0 aliphatic rings. The highest BCUT2D eigenvalue weighted by atomic mass is 32.2. The fraction of sp³-hybridized carbons (Fsp3) is 0.353. The maximum absolute atomic E-state index is 12.6. The minimum absolute atomic E-state index is 0.0656. The first kappa shape index (κ1) is 16.8. The number of nitrogens with zero attached hydrogens (tertiary/aromatic N) is 7. The molecule has 9 heteroatoms. The standard InChI is InChI=1S/C17H19N7OS/c1-5-23-11(3)18-21-17(23)26-9-14-19-20-16-22(4)15(25)12-8-10(2)6-7-13(12)24(14)16/h6-8H,5,9H2,1-4H3. The number of rotatable bonds is 4. The van der Waals surface area contributed by atoms with Gasteiger partial charge < -0.3 is 4.57 Å². The molecule has 1 aromatic carbocycles. The molecule has 0 fully saturated rings. The van der Waals surface area contributed by atoms with E-state index in [2.05, 4.69) is 31.9 Å². The Balaban J connectivity index is 1.84. The molecule has 0 bridgehead atoms. The predicted molar refractivity (Wildman–Crippen MR) is 100 cm³/mol. The monoisotopic (exact) mass is 369 g/mol. The summed E-state index contributed by atoms with van der Waals surface area (Å²) in [7, 11) is 1.72. The summed E-state index contributed by atoms with van der Waals surface area (Å²) in [5.41, 5.74) is 1.80. The highest BCUT2D eigenvalue weighted by molar-refractivity contribution is 7.98. The molecule has 8 nitrogen and oxygen atoms in total.